The number of carbonyl (C=O) groups is 2. The summed E-state index contributed by atoms with van der Waals surface area (Å²) in [5.74, 6) is -0.914. The molecule has 0 aliphatic heterocycles. The van der Waals surface area contributed by atoms with Gasteiger partial charge in [0.05, 0.1) is 25.3 Å². The molecule has 1 aliphatic rings. The predicted molar refractivity (Wildman–Crippen MR) is 110 cm³/mol. The van der Waals surface area contributed by atoms with E-state index in [2.05, 4.69) is 10.6 Å². The molecule has 2 aromatic carbocycles. The van der Waals surface area contributed by atoms with Gasteiger partial charge in [0, 0.05) is 12.1 Å². The fourth-order valence-corrected chi connectivity index (χ4v) is 3.71. The number of nitrogens with one attached hydrogen (secondary N) is 2. The first-order valence-electron chi connectivity index (χ1n) is 9.80. The van der Waals surface area contributed by atoms with Crippen molar-refractivity contribution in [3.8, 4) is 23.0 Å². The molecule has 1 saturated carbocycles. The molecule has 2 atom stereocenters. The van der Waals surface area contributed by atoms with Gasteiger partial charge in [-0.2, -0.15) is 0 Å². The molecule has 0 spiro atoms. The summed E-state index contributed by atoms with van der Waals surface area (Å²) in [5, 5.41) is 26.3. The van der Waals surface area contributed by atoms with E-state index >= 15 is 0 Å². The number of phenols is 2. The lowest BCUT2D eigenvalue weighted by Gasteiger charge is -2.33. The second kappa shape index (κ2) is 9.39. The molecule has 3 rings (SSSR count). The van der Waals surface area contributed by atoms with Crippen molar-refractivity contribution in [2.45, 2.75) is 37.8 Å². The van der Waals surface area contributed by atoms with Crippen LogP contribution in [0.3, 0.4) is 0 Å². The molecular formula is C22H26N2O6. The van der Waals surface area contributed by atoms with E-state index in [4.69, 9.17) is 9.47 Å². The molecule has 0 aromatic heterocycles. The van der Waals surface area contributed by atoms with Crippen LogP contribution >= 0.6 is 0 Å². The van der Waals surface area contributed by atoms with Gasteiger partial charge < -0.3 is 30.3 Å². The Morgan fingerprint density at radius 3 is 1.57 bits per heavy atom. The van der Waals surface area contributed by atoms with E-state index in [0.29, 0.717) is 12.8 Å². The van der Waals surface area contributed by atoms with Gasteiger partial charge in [0.1, 0.15) is 0 Å². The van der Waals surface area contributed by atoms with Gasteiger partial charge in [0.15, 0.2) is 23.0 Å². The molecule has 0 saturated heterocycles. The summed E-state index contributed by atoms with van der Waals surface area (Å²) in [6, 6.07) is 8.78. The average Bonchev–Trinajstić information content (AvgIpc) is 2.75. The Labute approximate surface area is 174 Å². The monoisotopic (exact) mass is 414 g/mol. The summed E-state index contributed by atoms with van der Waals surface area (Å²) in [7, 11) is 2.83. The largest absolute Gasteiger partial charge is 0.504 e. The van der Waals surface area contributed by atoms with Crippen LogP contribution in [0.4, 0.5) is 0 Å². The summed E-state index contributed by atoms with van der Waals surface area (Å²) >= 11 is 0. The Balaban J connectivity index is 1.74. The third-order valence-electron chi connectivity index (χ3n) is 5.33. The lowest BCUT2D eigenvalue weighted by molar-refractivity contribution is 0.0859. The number of hydrogen-bond acceptors (Lipinski definition) is 6. The van der Waals surface area contributed by atoms with Gasteiger partial charge in [0.2, 0.25) is 0 Å². The number of methoxy groups -OCH3 is 2. The fourth-order valence-electron chi connectivity index (χ4n) is 3.71. The zero-order valence-electron chi connectivity index (χ0n) is 17.0. The van der Waals surface area contributed by atoms with Crippen molar-refractivity contribution >= 4 is 11.8 Å². The van der Waals surface area contributed by atoms with Gasteiger partial charge >= 0.3 is 0 Å². The van der Waals surface area contributed by atoms with Crippen LogP contribution in [0.2, 0.25) is 0 Å². The van der Waals surface area contributed by atoms with Gasteiger partial charge in [-0.25, -0.2) is 0 Å². The Kier molecular flexibility index (Phi) is 6.66. The lowest BCUT2D eigenvalue weighted by Crippen LogP contribution is -2.53. The van der Waals surface area contributed by atoms with E-state index in [9.17, 15) is 19.8 Å². The van der Waals surface area contributed by atoms with Crippen molar-refractivity contribution < 1.29 is 29.3 Å². The Morgan fingerprint density at radius 2 is 1.20 bits per heavy atom. The smallest absolute Gasteiger partial charge is 0.255 e. The minimum Gasteiger partial charge on any atom is -0.504 e. The van der Waals surface area contributed by atoms with E-state index in [0.717, 1.165) is 12.8 Å². The molecule has 30 heavy (non-hydrogen) atoms. The van der Waals surface area contributed by atoms with Crippen LogP contribution < -0.4 is 20.1 Å². The Bertz CT molecular complexity index is 854. The topological polar surface area (TPSA) is 117 Å². The number of rotatable bonds is 6. The van der Waals surface area contributed by atoms with Crippen molar-refractivity contribution in [1.82, 2.24) is 10.6 Å². The van der Waals surface area contributed by atoms with Crippen molar-refractivity contribution in [1.29, 1.82) is 0 Å². The molecule has 1 aliphatic carbocycles. The fraction of sp³-hybridized carbons (Fsp3) is 0.364. The minimum absolute atomic E-state index is 0.107. The predicted octanol–water partition coefficient (Wildman–Crippen LogP) is 2.59. The number of benzene rings is 2. The summed E-state index contributed by atoms with van der Waals surface area (Å²) in [5.41, 5.74) is 0.214. The van der Waals surface area contributed by atoms with Crippen LogP contribution in [0, 0.1) is 0 Å². The highest BCUT2D eigenvalue weighted by Crippen LogP contribution is 2.31. The molecule has 0 bridgehead atoms. The molecular weight excluding hydrogens is 388 g/mol. The Morgan fingerprint density at radius 1 is 0.800 bits per heavy atom. The molecule has 8 nitrogen and oxygen atoms in total. The molecule has 1 fully saturated rings. The molecule has 0 heterocycles. The third-order valence-corrected chi connectivity index (χ3v) is 5.33. The average molecular weight is 414 g/mol. The summed E-state index contributed by atoms with van der Waals surface area (Å²) in [4.78, 5) is 25.5. The van der Waals surface area contributed by atoms with Crippen LogP contribution in [0.5, 0.6) is 23.0 Å². The van der Waals surface area contributed by atoms with Crippen molar-refractivity contribution in [3.63, 3.8) is 0 Å². The van der Waals surface area contributed by atoms with Crippen LogP contribution in [-0.4, -0.2) is 48.3 Å². The maximum absolute atomic E-state index is 12.7. The van der Waals surface area contributed by atoms with Crippen molar-refractivity contribution in [2.75, 3.05) is 14.2 Å². The minimum atomic E-state index is -0.443. The second-order valence-corrected chi connectivity index (χ2v) is 7.16. The number of para-hydroxylation sites is 2. The van der Waals surface area contributed by atoms with Crippen molar-refractivity contribution in [3.05, 3.63) is 47.5 Å². The van der Waals surface area contributed by atoms with Gasteiger partial charge in [-0.05, 0) is 37.1 Å². The van der Waals surface area contributed by atoms with Crippen LogP contribution in [0.15, 0.2) is 36.4 Å². The lowest BCUT2D eigenvalue weighted by atomic mass is 9.89. The summed E-state index contributed by atoms with van der Waals surface area (Å²) < 4.78 is 10.1. The molecule has 8 heteroatoms. The van der Waals surface area contributed by atoms with Crippen LogP contribution in [0.25, 0.3) is 0 Å². The molecule has 2 unspecified atom stereocenters. The highest BCUT2D eigenvalue weighted by molar-refractivity contribution is 5.99. The molecule has 160 valence electrons. The van der Waals surface area contributed by atoms with Crippen LogP contribution in [-0.2, 0) is 0 Å². The van der Waals surface area contributed by atoms with Gasteiger partial charge in [0.25, 0.3) is 11.8 Å². The zero-order chi connectivity index (χ0) is 21.7. The van der Waals surface area contributed by atoms with Gasteiger partial charge in [-0.15, -0.1) is 0 Å². The molecule has 4 N–H and O–H groups in total. The van der Waals surface area contributed by atoms with E-state index < -0.39 is 11.8 Å². The molecule has 2 aromatic rings. The first-order chi connectivity index (χ1) is 14.5. The number of amides is 2. The normalized spacial score (nSPS) is 18.3. The van der Waals surface area contributed by atoms with E-state index in [1.807, 2.05) is 0 Å². The second-order valence-electron chi connectivity index (χ2n) is 7.16. The van der Waals surface area contributed by atoms with E-state index in [-0.39, 0.29) is 46.2 Å². The number of hydrogen-bond donors (Lipinski definition) is 4. The number of aromatic hydroxyl groups is 2. The van der Waals surface area contributed by atoms with E-state index in [1.54, 1.807) is 24.3 Å². The maximum Gasteiger partial charge on any atom is 0.255 e. The summed E-state index contributed by atoms with van der Waals surface area (Å²) in [6.45, 7) is 0. The standard InChI is InChI=1S/C22H26N2O6/c1-29-17-11-5-7-13(19(17)25)21(27)23-15-9-3-4-10-16(15)24-22(28)14-8-6-12-18(30-2)20(14)26/h5-8,11-12,15-16,25-26H,3-4,9-10H2,1-2H3,(H,23,27)(H,24,28). The van der Waals surface area contributed by atoms with Gasteiger partial charge in [-0.3, -0.25) is 9.59 Å². The van der Waals surface area contributed by atoms with E-state index in [1.165, 1.54) is 26.4 Å². The highest BCUT2D eigenvalue weighted by Gasteiger charge is 2.30. The number of ether oxygens (including phenoxy) is 2. The SMILES string of the molecule is COc1cccc(C(=O)NC2CCCCC2NC(=O)c2cccc(OC)c2O)c1O. The van der Waals surface area contributed by atoms with Crippen molar-refractivity contribution in [2.24, 2.45) is 0 Å². The summed E-state index contributed by atoms with van der Waals surface area (Å²) in [6.07, 6.45) is 3.19. The highest BCUT2D eigenvalue weighted by atomic mass is 16.5. The zero-order valence-corrected chi connectivity index (χ0v) is 17.0. The number of carbonyl (C=O) groups excluding carboxylic acids is 2. The first kappa shape index (κ1) is 21.3. The quantitative estimate of drug-likeness (QED) is 0.577. The maximum atomic E-state index is 12.7. The Hall–Kier alpha value is -3.42. The van der Waals surface area contributed by atoms with Gasteiger partial charge in [-0.1, -0.05) is 25.0 Å². The van der Waals surface area contributed by atoms with Crippen LogP contribution in [0.1, 0.15) is 46.4 Å². The molecule has 0 radical (unpaired) electrons. The third kappa shape index (κ3) is 4.42. The number of phenolic OH excluding ortho intramolecular Hbond substituents is 2. The molecule has 2 amide bonds. The first-order valence-corrected chi connectivity index (χ1v) is 9.80.